The maximum atomic E-state index is 4.57. The average molecular weight is 212 g/mol. The van der Waals surface area contributed by atoms with E-state index >= 15 is 0 Å². The first-order valence-corrected chi connectivity index (χ1v) is 6.48. The fraction of sp³-hybridized carbons (Fsp3) is 0.909. The maximum Gasteiger partial charge on any atom is 0.159 e. The van der Waals surface area contributed by atoms with Gasteiger partial charge in [-0.25, -0.2) is 0 Å². The van der Waals surface area contributed by atoms with E-state index in [-0.39, 0.29) is 0 Å². The molecule has 0 N–H and O–H groups in total. The number of aliphatic imine (C=N–C) groups is 1. The van der Waals surface area contributed by atoms with Gasteiger partial charge in [0.25, 0.3) is 0 Å². The third-order valence-corrected chi connectivity index (χ3v) is 4.30. The minimum absolute atomic E-state index is 0.469. The first kappa shape index (κ1) is 10.3. The van der Waals surface area contributed by atoms with Crippen molar-refractivity contribution in [1.29, 1.82) is 0 Å². The Morgan fingerprint density at radius 2 is 2.07 bits per heavy atom. The van der Waals surface area contributed by atoms with Crippen molar-refractivity contribution in [2.24, 2.45) is 16.3 Å². The fourth-order valence-corrected chi connectivity index (χ4v) is 2.79. The molecule has 1 fully saturated rings. The first-order valence-electron chi connectivity index (χ1n) is 5.49. The van der Waals surface area contributed by atoms with Crippen LogP contribution in [0.1, 0.15) is 27.2 Å². The molecule has 1 saturated heterocycles. The Labute approximate surface area is 91.2 Å². The summed E-state index contributed by atoms with van der Waals surface area (Å²) in [6.45, 7) is 10.5. The summed E-state index contributed by atoms with van der Waals surface area (Å²) in [6.07, 6.45) is 1.25. The van der Waals surface area contributed by atoms with Crippen LogP contribution in [0.25, 0.3) is 0 Å². The van der Waals surface area contributed by atoms with Crippen molar-refractivity contribution in [3.63, 3.8) is 0 Å². The summed E-state index contributed by atoms with van der Waals surface area (Å²) in [5.74, 6) is 2.11. The van der Waals surface area contributed by atoms with Gasteiger partial charge in [-0.15, -0.1) is 0 Å². The van der Waals surface area contributed by atoms with Gasteiger partial charge in [0.15, 0.2) is 5.17 Å². The van der Waals surface area contributed by atoms with Crippen LogP contribution in [0.4, 0.5) is 0 Å². The van der Waals surface area contributed by atoms with Crippen molar-refractivity contribution in [1.82, 2.24) is 4.90 Å². The number of nitrogens with zero attached hydrogens (tertiary/aromatic N) is 2. The molecule has 0 amide bonds. The minimum atomic E-state index is 0.469. The number of likely N-dealkylation sites (tertiary alicyclic amines) is 1. The van der Waals surface area contributed by atoms with E-state index in [2.05, 4.69) is 30.7 Å². The fourth-order valence-electron chi connectivity index (χ4n) is 1.82. The van der Waals surface area contributed by atoms with Crippen LogP contribution in [0.5, 0.6) is 0 Å². The Morgan fingerprint density at radius 3 is 2.57 bits per heavy atom. The van der Waals surface area contributed by atoms with Crippen LogP contribution >= 0.6 is 11.8 Å². The minimum Gasteiger partial charge on any atom is -0.351 e. The molecule has 2 nitrogen and oxygen atoms in total. The molecule has 0 spiro atoms. The number of hydrogen-bond donors (Lipinski definition) is 0. The Balaban J connectivity index is 1.85. The van der Waals surface area contributed by atoms with Crippen LogP contribution in [0.3, 0.4) is 0 Å². The van der Waals surface area contributed by atoms with Crippen LogP contribution in [0.15, 0.2) is 4.99 Å². The van der Waals surface area contributed by atoms with Gasteiger partial charge in [0.2, 0.25) is 0 Å². The van der Waals surface area contributed by atoms with E-state index in [0.717, 1.165) is 12.5 Å². The van der Waals surface area contributed by atoms with Crippen molar-refractivity contribution in [2.75, 3.05) is 25.4 Å². The predicted octanol–water partition coefficient (Wildman–Crippen LogP) is 2.46. The predicted molar refractivity (Wildman–Crippen MR) is 63.9 cm³/mol. The maximum absolute atomic E-state index is 4.57. The standard InChI is InChI=1S/C11H20N2S/c1-11(2,3)9-7-13(8-9)10-12-5-4-6-14-10/h9H,4-8H2,1-3H3. The van der Waals surface area contributed by atoms with Crippen molar-refractivity contribution in [2.45, 2.75) is 27.2 Å². The summed E-state index contributed by atoms with van der Waals surface area (Å²) in [6, 6.07) is 0. The lowest BCUT2D eigenvalue weighted by atomic mass is 9.76. The van der Waals surface area contributed by atoms with Crippen LogP contribution in [0, 0.1) is 11.3 Å². The quantitative estimate of drug-likeness (QED) is 0.613. The molecule has 0 aliphatic carbocycles. The van der Waals surface area contributed by atoms with E-state index in [4.69, 9.17) is 0 Å². The van der Waals surface area contributed by atoms with Crippen molar-refractivity contribution >= 4 is 16.9 Å². The molecule has 2 aliphatic heterocycles. The zero-order chi connectivity index (χ0) is 10.2. The molecule has 80 valence electrons. The zero-order valence-corrected chi connectivity index (χ0v) is 10.2. The van der Waals surface area contributed by atoms with Crippen molar-refractivity contribution < 1.29 is 0 Å². The molecule has 0 radical (unpaired) electrons. The van der Waals surface area contributed by atoms with Gasteiger partial charge in [0, 0.05) is 25.4 Å². The highest BCUT2D eigenvalue weighted by molar-refractivity contribution is 8.13. The lowest BCUT2D eigenvalue weighted by Gasteiger charge is -2.47. The van der Waals surface area contributed by atoms with Gasteiger partial charge >= 0.3 is 0 Å². The SMILES string of the molecule is CC(C)(C)C1CN(C2=NCCCS2)C1. The second-order valence-corrected chi connectivity index (χ2v) is 6.40. The van der Waals surface area contributed by atoms with Gasteiger partial charge in [0.05, 0.1) is 0 Å². The normalized spacial score (nSPS) is 24.5. The highest BCUT2D eigenvalue weighted by atomic mass is 32.2. The van der Waals surface area contributed by atoms with E-state index in [1.165, 1.54) is 30.4 Å². The second-order valence-electron chi connectivity index (χ2n) is 5.33. The van der Waals surface area contributed by atoms with E-state index < -0.39 is 0 Å². The molecule has 0 aromatic heterocycles. The number of amidine groups is 1. The Bertz CT molecular complexity index is 236. The molecule has 2 rings (SSSR count). The summed E-state index contributed by atoms with van der Waals surface area (Å²) in [5, 5.41) is 1.30. The molecule has 14 heavy (non-hydrogen) atoms. The van der Waals surface area contributed by atoms with Gasteiger partial charge in [-0.3, -0.25) is 4.99 Å². The Kier molecular flexibility index (Phi) is 2.78. The molecular weight excluding hydrogens is 192 g/mol. The number of thioether (sulfide) groups is 1. The third kappa shape index (κ3) is 2.08. The third-order valence-electron chi connectivity index (χ3n) is 3.16. The molecule has 0 saturated carbocycles. The average Bonchev–Trinajstić information content (AvgIpc) is 2.00. The molecule has 2 heterocycles. The zero-order valence-electron chi connectivity index (χ0n) is 9.42. The summed E-state index contributed by atoms with van der Waals surface area (Å²) in [7, 11) is 0. The molecule has 0 aromatic rings. The largest absolute Gasteiger partial charge is 0.351 e. The molecule has 0 atom stereocenters. The van der Waals surface area contributed by atoms with Gasteiger partial charge in [-0.05, 0) is 17.8 Å². The lowest BCUT2D eigenvalue weighted by Crippen LogP contribution is -2.54. The molecular formula is C11H20N2S. The molecule has 0 bridgehead atoms. The Hall–Kier alpha value is -0.180. The molecule has 3 heteroatoms. The monoisotopic (exact) mass is 212 g/mol. The first-order chi connectivity index (χ1) is 6.57. The molecule has 0 aromatic carbocycles. The highest BCUT2D eigenvalue weighted by Gasteiger charge is 2.37. The van der Waals surface area contributed by atoms with Crippen LogP contribution < -0.4 is 0 Å². The van der Waals surface area contributed by atoms with E-state index in [1.807, 2.05) is 11.8 Å². The van der Waals surface area contributed by atoms with Gasteiger partial charge in [-0.2, -0.15) is 0 Å². The Morgan fingerprint density at radius 1 is 1.36 bits per heavy atom. The van der Waals surface area contributed by atoms with Crippen LogP contribution in [-0.2, 0) is 0 Å². The van der Waals surface area contributed by atoms with Gasteiger partial charge in [0.1, 0.15) is 0 Å². The summed E-state index contributed by atoms with van der Waals surface area (Å²) < 4.78 is 0. The van der Waals surface area contributed by atoms with Gasteiger partial charge < -0.3 is 4.90 Å². The van der Waals surface area contributed by atoms with Crippen LogP contribution in [-0.4, -0.2) is 35.5 Å². The van der Waals surface area contributed by atoms with E-state index in [1.54, 1.807) is 0 Å². The lowest BCUT2D eigenvalue weighted by molar-refractivity contribution is 0.0810. The summed E-state index contributed by atoms with van der Waals surface area (Å²) in [4.78, 5) is 7.02. The second kappa shape index (κ2) is 3.76. The number of hydrogen-bond acceptors (Lipinski definition) is 3. The van der Waals surface area contributed by atoms with Crippen molar-refractivity contribution in [3.8, 4) is 0 Å². The van der Waals surface area contributed by atoms with Crippen molar-refractivity contribution in [3.05, 3.63) is 0 Å². The smallest absolute Gasteiger partial charge is 0.159 e. The van der Waals surface area contributed by atoms with Gasteiger partial charge in [-0.1, -0.05) is 32.5 Å². The molecule has 0 unspecified atom stereocenters. The van der Waals surface area contributed by atoms with Crippen LogP contribution in [0.2, 0.25) is 0 Å². The number of rotatable bonds is 0. The topological polar surface area (TPSA) is 15.6 Å². The summed E-state index contributed by atoms with van der Waals surface area (Å²) >= 11 is 1.94. The van der Waals surface area contributed by atoms with E-state index in [9.17, 15) is 0 Å². The molecule has 2 aliphatic rings. The highest BCUT2D eigenvalue weighted by Crippen LogP contribution is 2.35. The summed E-state index contributed by atoms with van der Waals surface area (Å²) in [5.41, 5.74) is 0.469. The van der Waals surface area contributed by atoms with E-state index in [0.29, 0.717) is 5.41 Å².